The molecule has 1 aromatic carbocycles. The van der Waals surface area contributed by atoms with Gasteiger partial charge in [0.2, 0.25) is 0 Å². The highest BCUT2D eigenvalue weighted by Crippen LogP contribution is 2.32. The molecule has 7 nitrogen and oxygen atoms in total. The summed E-state index contributed by atoms with van der Waals surface area (Å²) in [5.74, 6) is -0.301. The number of ether oxygens (including phenoxy) is 2. The molecular weight excluding hydrogens is 294 g/mol. The van der Waals surface area contributed by atoms with Crippen LogP contribution < -0.4 is 4.74 Å². The lowest BCUT2D eigenvalue weighted by Gasteiger charge is -2.03. The van der Waals surface area contributed by atoms with E-state index in [-0.39, 0.29) is 17.7 Å². The second-order valence-electron chi connectivity index (χ2n) is 3.67. The van der Waals surface area contributed by atoms with Crippen LogP contribution in [0.15, 0.2) is 32.7 Å². The molecule has 0 saturated carbocycles. The molecule has 0 spiro atoms. The minimum Gasteiger partial charge on any atom is -0.497 e. The van der Waals surface area contributed by atoms with Crippen LogP contribution in [0.1, 0.15) is 23.2 Å². The maximum Gasteiger partial charge on any atom is 0.396 e. The van der Waals surface area contributed by atoms with Crippen molar-refractivity contribution in [2.75, 3.05) is 13.7 Å². The van der Waals surface area contributed by atoms with Crippen molar-refractivity contribution in [2.24, 2.45) is 0 Å². The maximum absolute atomic E-state index is 11.4. The number of hydrogen-bond acceptors (Lipinski definition) is 8. The molecule has 2 aromatic rings. The Kier molecular flexibility index (Phi) is 4.79. The zero-order valence-electron chi connectivity index (χ0n) is 11.3. The van der Waals surface area contributed by atoms with E-state index in [1.165, 1.54) is 7.11 Å². The molecule has 0 unspecified atom stereocenters. The first-order chi connectivity index (χ1) is 10.2. The van der Waals surface area contributed by atoms with Crippen LogP contribution in [0.3, 0.4) is 0 Å². The first kappa shape index (κ1) is 14.9. The van der Waals surface area contributed by atoms with Crippen LogP contribution in [-0.2, 0) is 4.74 Å². The second kappa shape index (κ2) is 6.76. The quantitative estimate of drug-likeness (QED) is 0.776. The summed E-state index contributed by atoms with van der Waals surface area (Å²) >= 11 is 1.07. The van der Waals surface area contributed by atoms with Gasteiger partial charge in [-0.25, -0.2) is 4.79 Å². The van der Waals surface area contributed by atoms with Gasteiger partial charge in [0.25, 0.3) is 5.22 Å². The average Bonchev–Trinajstić information content (AvgIpc) is 2.96. The van der Waals surface area contributed by atoms with Gasteiger partial charge in [0, 0.05) is 4.90 Å². The highest BCUT2D eigenvalue weighted by atomic mass is 32.2. The van der Waals surface area contributed by atoms with Crippen molar-refractivity contribution in [1.29, 1.82) is 5.26 Å². The fourth-order valence-electron chi connectivity index (χ4n) is 1.43. The summed E-state index contributed by atoms with van der Waals surface area (Å²) in [6.07, 6.45) is 0. The van der Waals surface area contributed by atoms with Crippen molar-refractivity contribution in [3.05, 3.63) is 29.7 Å². The molecular formula is C13H11N3O4S. The first-order valence-electron chi connectivity index (χ1n) is 5.94. The number of benzene rings is 1. The van der Waals surface area contributed by atoms with E-state index >= 15 is 0 Å². The van der Waals surface area contributed by atoms with Crippen molar-refractivity contribution in [3.63, 3.8) is 0 Å². The number of methoxy groups -OCH3 is 1. The van der Waals surface area contributed by atoms with E-state index in [2.05, 4.69) is 16.3 Å². The summed E-state index contributed by atoms with van der Waals surface area (Å²) in [5, 5.41) is 16.6. The molecule has 108 valence electrons. The lowest BCUT2D eigenvalue weighted by atomic mass is 10.2. The van der Waals surface area contributed by atoms with Crippen molar-refractivity contribution in [3.8, 4) is 11.8 Å². The third-order valence-electron chi connectivity index (χ3n) is 2.36. The van der Waals surface area contributed by atoms with E-state index < -0.39 is 5.97 Å². The molecule has 0 aliphatic heterocycles. The Bertz CT molecular complexity index is 693. The third-order valence-corrected chi connectivity index (χ3v) is 3.26. The van der Waals surface area contributed by atoms with Gasteiger partial charge in [0.1, 0.15) is 11.8 Å². The van der Waals surface area contributed by atoms with Gasteiger partial charge in [0.15, 0.2) is 0 Å². The van der Waals surface area contributed by atoms with Crippen LogP contribution in [0.2, 0.25) is 0 Å². The Balaban J connectivity index is 2.22. The Morgan fingerprint density at radius 1 is 1.48 bits per heavy atom. The SMILES string of the molecule is CCOC(=O)c1nnc(Sc2cc(OC)ccc2C#N)o1. The van der Waals surface area contributed by atoms with Crippen molar-refractivity contribution in [1.82, 2.24) is 10.2 Å². The van der Waals surface area contributed by atoms with Gasteiger partial charge < -0.3 is 13.9 Å². The molecule has 0 fully saturated rings. The second-order valence-corrected chi connectivity index (χ2v) is 4.66. The minimum atomic E-state index is -0.678. The summed E-state index contributed by atoms with van der Waals surface area (Å²) in [5.41, 5.74) is 0.441. The smallest absolute Gasteiger partial charge is 0.396 e. The zero-order chi connectivity index (χ0) is 15.2. The summed E-state index contributed by atoms with van der Waals surface area (Å²) in [4.78, 5) is 12.0. The highest BCUT2D eigenvalue weighted by Gasteiger charge is 2.17. The molecule has 0 aliphatic carbocycles. The number of rotatable bonds is 5. The Hall–Kier alpha value is -2.53. The van der Waals surface area contributed by atoms with Gasteiger partial charge in [-0.05, 0) is 36.9 Å². The maximum atomic E-state index is 11.4. The molecule has 0 amide bonds. The average molecular weight is 305 g/mol. The normalized spacial score (nSPS) is 9.95. The standard InChI is InChI=1S/C13H11N3O4S/c1-3-19-12(17)11-15-16-13(20-11)21-10-6-9(18-2)5-4-8(10)7-14/h4-6H,3H2,1-2H3. The van der Waals surface area contributed by atoms with E-state index in [1.807, 2.05) is 0 Å². The molecule has 0 atom stereocenters. The summed E-state index contributed by atoms with van der Waals surface area (Å²) in [7, 11) is 1.53. The molecule has 0 radical (unpaired) electrons. The Morgan fingerprint density at radius 2 is 2.29 bits per heavy atom. The molecule has 0 N–H and O–H groups in total. The number of carbonyl (C=O) groups excluding carboxylic acids is 1. The van der Waals surface area contributed by atoms with Gasteiger partial charge in [-0.1, -0.05) is 5.10 Å². The van der Waals surface area contributed by atoms with Crippen LogP contribution in [0.4, 0.5) is 0 Å². The largest absolute Gasteiger partial charge is 0.497 e. The van der Waals surface area contributed by atoms with E-state index in [9.17, 15) is 4.79 Å². The molecule has 0 bridgehead atoms. The van der Waals surface area contributed by atoms with Gasteiger partial charge >= 0.3 is 11.9 Å². The molecule has 1 heterocycles. The van der Waals surface area contributed by atoms with Crippen LogP contribution >= 0.6 is 11.8 Å². The predicted molar refractivity (Wildman–Crippen MR) is 72.1 cm³/mol. The van der Waals surface area contributed by atoms with E-state index in [0.29, 0.717) is 16.2 Å². The molecule has 0 aliphatic rings. The lowest BCUT2D eigenvalue weighted by Crippen LogP contribution is -2.04. The van der Waals surface area contributed by atoms with Crippen molar-refractivity contribution < 1.29 is 18.7 Å². The molecule has 8 heteroatoms. The number of aromatic nitrogens is 2. The summed E-state index contributed by atoms with van der Waals surface area (Å²) in [6, 6.07) is 7.05. The summed E-state index contributed by atoms with van der Waals surface area (Å²) in [6.45, 7) is 1.90. The van der Waals surface area contributed by atoms with Crippen molar-refractivity contribution in [2.45, 2.75) is 17.0 Å². The fourth-order valence-corrected chi connectivity index (χ4v) is 2.22. The van der Waals surface area contributed by atoms with E-state index in [0.717, 1.165) is 11.8 Å². The first-order valence-corrected chi connectivity index (χ1v) is 6.76. The number of hydrogen-bond donors (Lipinski definition) is 0. The number of nitriles is 1. The number of esters is 1. The van der Waals surface area contributed by atoms with Crippen LogP contribution in [-0.4, -0.2) is 29.9 Å². The molecule has 1 aromatic heterocycles. The van der Waals surface area contributed by atoms with Crippen molar-refractivity contribution >= 4 is 17.7 Å². The van der Waals surface area contributed by atoms with Gasteiger partial charge in [0.05, 0.1) is 19.3 Å². The van der Waals surface area contributed by atoms with Gasteiger partial charge in [-0.15, -0.1) is 5.10 Å². The topological polar surface area (TPSA) is 98.2 Å². The zero-order valence-corrected chi connectivity index (χ0v) is 12.1. The number of nitrogens with zero attached hydrogens (tertiary/aromatic N) is 3. The van der Waals surface area contributed by atoms with Gasteiger partial charge in [-0.2, -0.15) is 5.26 Å². The highest BCUT2D eigenvalue weighted by molar-refractivity contribution is 7.99. The summed E-state index contributed by atoms with van der Waals surface area (Å²) < 4.78 is 15.1. The fraction of sp³-hybridized carbons (Fsp3) is 0.231. The molecule has 2 rings (SSSR count). The van der Waals surface area contributed by atoms with Crippen LogP contribution in [0.5, 0.6) is 5.75 Å². The number of carbonyl (C=O) groups is 1. The molecule has 0 saturated heterocycles. The third kappa shape index (κ3) is 3.52. The van der Waals surface area contributed by atoms with Gasteiger partial charge in [-0.3, -0.25) is 0 Å². The lowest BCUT2D eigenvalue weighted by molar-refractivity contribution is 0.0475. The van der Waals surface area contributed by atoms with E-state index in [4.69, 9.17) is 19.2 Å². The monoisotopic (exact) mass is 305 g/mol. The van der Waals surface area contributed by atoms with Crippen LogP contribution in [0, 0.1) is 11.3 Å². The predicted octanol–water partition coefficient (Wildman–Crippen LogP) is 2.28. The Labute approximate surface area is 124 Å². The minimum absolute atomic E-state index is 0.141. The Morgan fingerprint density at radius 3 is 2.95 bits per heavy atom. The molecule has 21 heavy (non-hydrogen) atoms. The van der Waals surface area contributed by atoms with E-state index in [1.54, 1.807) is 25.1 Å². The van der Waals surface area contributed by atoms with Crippen LogP contribution in [0.25, 0.3) is 0 Å².